The van der Waals surface area contributed by atoms with Gasteiger partial charge in [-0.2, -0.15) is 0 Å². The molecule has 1 N–H and O–H groups in total. The monoisotopic (exact) mass is 518 g/mol. The lowest BCUT2D eigenvalue weighted by atomic mass is 9.73. The molecule has 4 heterocycles. The van der Waals surface area contributed by atoms with Crippen LogP contribution in [0.3, 0.4) is 0 Å². The van der Waals surface area contributed by atoms with Crippen LogP contribution in [0.4, 0.5) is 0 Å². The fourth-order valence-electron chi connectivity index (χ4n) is 9.62. The molecule has 0 spiro atoms. The van der Waals surface area contributed by atoms with Gasteiger partial charge in [0.2, 0.25) is 0 Å². The second-order valence-corrected chi connectivity index (χ2v) is 13.6. The highest BCUT2D eigenvalue weighted by atomic mass is 16.4. The lowest BCUT2D eigenvalue weighted by Crippen LogP contribution is -2.58. The zero-order chi connectivity index (χ0) is 25.6. The molecule has 38 heavy (non-hydrogen) atoms. The number of nitrogens with zero attached hydrogens (tertiary/aromatic N) is 4. The molecule has 6 nitrogen and oxygen atoms in total. The summed E-state index contributed by atoms with van der Waals surface area (Å²) < 4.78 is 2.65. The molecule has 2 aromatic rings. The van der Waals surface area contributed by atoms with Gasteiger partial charge in [0.15, 0.2) is 0 Å². The molecule has 2 unspecified atom stereocenters. The maximum absolute atomic E-state index is 11.2. The van der Waals surface area contributed by atoms with Crippen LogP contribution < -0.4 is 0 Å². The van der Waals surface area contributed by atoms with Crippen LogP contribution in [0, 0.1) is 17.8 Å². The molecule has 7 atom stereocenters. The standard InChI is InChI=1S/C32H46N4O2/c37-32(38)21-34-13-12-24(20-34)17-31-33-29-10-3-4-11-30(29)36(31)28-18-25-8-5-9-26(19-28)35(25)27-15-22-6-1-2-7-23(14-22)16-27/h3-4,10-11,22-28H,1-2,5-9,12-21H2,(H,37,38)/t22-,23+,24-,25-,26+,27?,28?/m0/s1. The number of fused-ring (bicyclic) bond motifs is 5. The highest BCUT2D eigenvalue weighted by molar-refractivity contribution is 5.76. The zero-order valence-corrected chi connectivity index (χ0v) is 23.0. The predicted octanol–water partition coefficient (Wildman–Crippen LogP) is 5.90. The quantitative estimate of drug-likeness (QED) is 0.516. The van der Waals surface area contributed by atoms with Gasteiger partial charge in [0.25, 0.3) is 0 Å². The Hall–Kier alpha value is -1.92. The lowest BCUT2D eigenvalue weighted by molar-refractivity contribution is -0.138. The number of hydrogen-bond acceptors (Lipinski definition) is 4. The van der Waals surface area contributed by atoms with Crippen LogP contribution in [0.5, 0.6) is 0 Å². The van der Waals surface area contributed by atoms with Crippen molar-refractivity contribution in [3.63, 3.8) is 0 Å². The molecule has 1 aromatic carbocycles. The van der Waals surface area contributed by atoms with E-state index >= 15 is 0 Å². The number of aliphatic carboxylic acids is 1. The number of hydrogen-bond donors (Lipinski definition) is 1. The Bertz CT molecular complexity index is 1120. The van der Waals surface area contributed by atoms with Crippen molar-refractivity contribution in [1.82, 2.24) is 19.4 Å². The molecule has 2 aliphatic carbocycles. The summed E-state index contributed by atoms with van der Waals surface area (Å²) in [6.07, 6.45) is 19.0. The smallest absolute Gasteiger partial charge is 0.317 e. The minimum Gasteiger partial charge on any atom is -0.480 e. The third-order valence-electron chi connectivity index (χ3n) is 11.0. The van der Waals surface area contributed by atoms with Crippen molar-refractivity contribution in [3.8, 4) is 0 Å². The van der Waals surface area contributed by atoms with Gasteiger partial charge in [-0.15, -0.1) is 0 Å². The SMILES string of the molecule is O=C(O)CN1CC[C@@H](Cc2nc3ccccc3n2C2C[C@H]3CCC[C@@H](C2)N3C2C[C@H]3CCCC[C@@H](C2)C3)C1. The topological polar surface area (TPSA) is 61.6 Å². The van der Waals surface area contributed by atoms with Gasteiger partial charge in [0, 0.05) is 37.1 Å². The molecular weight excluding hydrogens is 472 g/mol. The summed E-state index contributed by atoms with van der Waals surface area (Å²) in [6.45, 7) is 1.93. The van der Waals surface area contributed by atoms with E-state index in [0.717, 1.165) is 61.4 Å². The minimum atomic E-state index is -0.714. The van der Waals surface area contributed by atoms with Crippen molar-refractivity contribution < 1.29 is 9.90 Å². The summed E-state index contributed by atoms with van der Waals surface area (Å²) in [5, 5.41) is 9.25. The van der Waals surface area contributed by atoms with E-state index in [2.05, 4.69) is 38.6 Å². The van der Waals surface area contributed by atoms with Crippen molar-refractivity contribution in [2.75, 3.05) is 19.6 Å². The van der Waals surface area contributed by atoms with Crippen LogP contribution in [0.2, 0.25) is 0 Å². The molecule has 3 aliphatic heterocycles. The van der Waals surface area contributed by atoms with Crippen LogP contribution in [-0.4, -0.2) is 68.2 Å². The number of carboxylic acids is 1. The molecule has 2 saturated carbocycles. The van der Waals surface area contributed by atoms with Crippen LogP contribution in [0.25, 0.3) is 11.0 Å². The van der Waals surface area contributed by atoms with Gasteiger partial charge in [-0.05, 0) is 87.8 Å². The summed E-state index contributed by atoms with van der Waals surface area (Å²) >= 11 is 0. The second-order valence-electron chi connectivity index (χ2n) is 13.6. The molecular formula is C32H46N4O2. The number of imidazole rings is 1. The fraction of sp³-hybridized carbons (Fsp3) is 0.750. The number of benzene rings is 1. The van der Waals surface area contributed by atoms with E-state index in [1.807, 2.05) is 0 Å². The molecule has 4 bridgehead atoms. The van der Waals surface area contributed by atoms with Gasteiger partial charge < -0.3 is 9.67 Å². The number of rotatable bonds is 6. The van der Waals surface area contributed by atoms with E-state index in [1.54, 1.807) is 0 Å². The predicted molar refractivity (Wildman–Crippen MR) is 150 cm³/mol. The number of carboxylic acid groups (broad SMARTS) is 1. The van der Waals surface area contributed by atoms with Crippen molar-refractivity contribution in [3.05, 3.63) is 30.1 Å². The fourth-order valence-corrected chi connectivity index (χ4v) is 9.62. The van der Waals surface area contributed by atoms with E-state index in [9.17, 15) is 9.90 Å². The third-order valence-corrected chi connectivity index (χ3v) is 11.0. The van der Waals surface area contributed by atoms with Gasteiger partial charge in [0.1, 0.15) is 5.82 Å². The number of likely N-dealkylation sites (tertiary alicyclic amines) is 1. The minimum absolute atomic E-state index is 0.164. The molecule has 6 heteroatoms. The van der Waals surface area contributed by atoms with Crippen molar-refractivity contribution in [2.24, 2.45) is 17.8 Å². The molecule has 5 aliphatic rings. The number of carbonyl (C=O) groups is 1. The molecule has 5 fully saturated rings. The largest absolute Gasteiger partial charge is 0.480 e. The molecule has 0 radical (unpaired) electrons. The van der Waals surface area contributed by atoms with Crippen LogP contribution in [0.15, 0.2) is 24.3 Å². The van der Waals surface area contributed by atoms with Crippen LogP contribution in [0.1, 0.15) is 95.3 Å². The highest BCUT2D eigenvalue weighted by Crippen LogP contribution is 2.47. The average molecular weight is 519 g/mol. The van der Waals surface area contributed by atoms with Crippen molar-refractivity contribution >= 4 is 17.0 Å². The summed E-state index contributed by atoms with van der Waals surface area (Å²) in [7, 11) is 0. The molecule has 206 valence electrons. The second kappa shape index (κ2) is 10.6. The van der Waals surface area contributed by atoms with Gasteiger partial charge in [-0.1, -0.05) is 44.2 Å². The van der Waals surface area contributed by atoms with Gasteiger partial charge in [-0.3, -0.25) is 14.6 Å². The van der Waals surface area contributed by atoms with Gasteiger partial charge in [0.05, 0.1) is 17.6 Å². The normalized spacial score (nSPS) is 36.4. The Morgan fingerprint density at radius 2 is 1.58 bits per heavy atom. The number of piperidine rings is 2. The maximum atomic E-state index is 11.2. The average Bonchev–Trinajstić information content (AvgIpc) is 3.44. The van der Waals surface area contributed by atoms with E-state index in [4.69, 9.17) is 4.98 Å². The zero-order valence-electron chi connectivity index (χ0n) is 23.0. The Kier molecular flexibility index (Phi) is 6.98. The summed E-state index contributed by atoms with van der Waals surface area (Å²) in [5.74, 6) is 2.99. The first-order valence-electron chi connectivity index (χ1n) is 15.8. The summed E-state index contributed by atoms with van der Waals surface area (Å²) in [4.78, 5) is 21.6. The molecule has 1 aromatic heterocycles. The molecule has 7 rings (SSSR count). The first-order valence-corrected chi connectivity index (χ1v) is 15.8. The maximum Gasteiger partial charge on any atom is 0.317 e. The van der Waals surface area contributed by atoms with E-state index in [0.29, 0.717) is 12.0 Å². The first kappa shape index (κ1) is 25.1. The highest BCUT2D eigenvalue weighted by Gasteiger charge is 2.45. The number of aromatic nitrogens is 2. The van der Waals surface area contributed by atoms with E-state index < -0.39 is 5.97 Å². The van der Waals surface area contributed by atoms with Crippen LogP contribution >= 0.6 is 0 Å². The van der Waals surface area contributed by atoms with Crippen molar-refractivity contribution in [2.45, 2.75) is 114 Å². The third kappa shape index (κ3) is 4.92. The lowest BCUT2D eigenvalue weighted by Gasteiger charge is -2.54. The van der Waals surface area contributed by atoms with Gasteiger partial charge in [-0.25, -0.2) is 4.98 Å². The Balaban J connectivity index is 1.13. The first-order chi connectivity index (χ1) is 18.6. The van der Waals surface area contributed by atoms with Gasteiger partial charge >= 0.3 is 5.97 Å². The number of para-hydroxylation sites is 2. The molecule has 3 saturated heterocycles. The Morgan fingerprint density at radius 3 is 2.32 bits per heavy atom. The van der Waals surface area contributed by atoms with E-state index in [-0.39, 0.29) is 6.54 Å². The Morgan fingerprint density at radius 1 is 0.842 bits per heavy atom. The van der Waals surface area contributed by atoms with Crippen LogP contribution in [-0.2, 0) is 11.2 Å². The van der Waals surface area contributed by atoms with Crippen molar-refractivity contribution in [1.29, 1.82) is 0 Å². The Labute approximate surface area is 227 Å². The summed E-state index contributed by atoms with van der Waals surface area (Å²) in [5.41, 5.74) is 2.44. The molecule has 0 amide bonds. The summed E-state index contributed by atoms with van der Waals surface area (Å²) in [6, 6.07) is 11.6. The van der Waals surface area contributed by atoms with E-state index in [1.165, 1.54) is 88.4 Å².